The number of hydrogen-bond donors (Lipinski definition) is 1. The van der Waals surface area contributed by atoms with Gasteiger partial charge in [-0.25, -0.2) is 0 Å². The van der Waals surface area contributed by atoms with E-state index in [9.17, 15) is 4.79 Å². The first-order chi connectivity index (χ1) is 15.5. The molecule has 1 heterocycles. The first-order valence-corrected chi connectivity index (χ1v) is 11.1. The number of fused-ring (bicyclic) bond motifs is 1. The highest BCUT2D eigenvalue weighted by atomic mass is 16.5. The number of methoxy groups -OCH3 is 1. The van der Waals surface area contributed by atoms with Crippen LogP contribution in [-0.2, 0) is 24.3 Å². The van der Waals surface area contributed by atoms with Gasteiger partial charge in [0.15, 0.2) is 0 Å². The lowest BCUT2D eigenvalue weighted by molar-refractivity contribution is -0.121. The summed E-state index contributed by atoms with van der Waals surface area (Å²) in [5.41, 5.74) is 7.29. The topological polar surface area (TPSA) is 43.3 Å². The molecule has 4 rings (SSSR count). The van der Waals surface area contributed by atoms with E-state index in [0.717, 1.165) is 17.9 Å². The standard InChI is InChI=1S/C28H30N2O2/c1-20-12-13-21(2)24(16-20)19-30-18-23(25-9-5-6-10-26(25)30)14-15-28(31)29-17-22-8-4-7-11-27(22)32-3/h4-13,16,18H,14-15,17,19H2,1-3H3,(H,29,31). The summed E-state index contributed by atoms with van der Waals surface area (Å²) in [6.45, 7) is 5.59. The van der Waals surface area contributed by atoms with Crippen molar-refractivity contribution in [2.75, 3.05) is 7.11 Å². The molecule has 0 radical (unpaired) electrons. The van der Waals surface area contributed by atoms with Crippen molar-refractivity contribution >= 4 is 16.8 Å². The van der Waals surface area contributed by atoms with Crippen LogP contribution in [0.3, 0.4) is 0 Å². The van der Waals surface area contributed by atoms with Crippen LogP contribution in [0.1, 0.15) is 34.2 Å². The molecule has 1 amide bonds. The van der Waals surface area contributed by atoms with Gasteiger partial charge in [-0.05, 0) is 49.1 Å². The van der Waals surface area contributed by atoms with Gasteiger partial charge in [0.05, 0.1) is 7.11 Å². The van der Waals surface area contributed by atoms with Crippen molar-refractivity contribution in [3.8, 4) is 5.75 Å². The van der Waals surface area contributed by atoms with Crippen molar-refractivity contribution in [2.45, 2.75) is 39.8 Å². The second-order valence-electron chi connectivity index (χ2n) is 8.32. The second-order valence-corrected chi connectivity index (χ2v) is 8.32. The third-order valence-electron chi connectivity index (χ3n) is 6.01. The number of hydrogen-bond acceptors (Lipinski definition) is 2. The lowest BCUT2D eigenvalue weighted by atomic mass is 10.1. The molecular formula is C28H30N2O2. The minimum atomic E-state index is 0.0438. The average molecular weight is 427 g/mol. The van der Waals surface area contributed by atoms with Crippen LogP contribution in [0.4, 0.5) is 0 Å². The summed E-state index contributed by atoms with van der Waals surface area (Å²) in [6.07, 6.45) is 3.37. The summed E-state index contributed by atoms with van der Waals surface area (Å²) in [5.74, 6) is 0.838. The molecule has 0 fully saturated rings. The van der Waals surface area contributed by atoms with Gasteiger partial charge in [0.1, 0.15) is 5.75 Å². The van der Waals surface area contributed by atoms with Crippen molar-refractivity contribution < 1.29 is 9.53 Å². The van der Waals surface area contributed by atoms with Gasteiger partial charge in [0.2, 0.25) is 5.91 Å². The quantitative estimate of drug-likeness (QED) is 0.401. The maximum Gasteiger partial charge on any atom is 0.220 e. The fourth-order valence-electron chi connectivity index (χ4n) is 4.19. The smallest absolute Gasteiger partial charge is 0.220 e. The Balaban J connectivity index is 1.46. The van der Waals surface area contributed by atoms with Crippen molar-refractivity contribution in [1.29, 1.82) is 0 Å². The van der Waals surface area contributed by atoms with Crippen LogP contribution in [-0.4, -0.2) is 17.6 Å². The molecule has 164 valence electrons. The first-order valence-electron chi connectivity index (χ1n) is 11.1. The van der Waals surface area contributed by atoms with E-state index >= 15 is 0 Å². The van der Waals surface area contributed by atoms with E-state index in [4.69, 9.17) is 4.74 Å². The zero-order valence-corrected chi connectivity index (χ0v) is 19.0. The summed E-state index contributed by atoms with van der Waals surface area (Å²) in [5, 5.41) is 4.24. The van der Waals surface area contributed by atoms with E-state index in [1.54, 1.807) is 7.11 Å². The third kappa shape index (κ3) is 4.86. The minimum absolute atomic E-state index is 0.0438. The second kappa shape index (κ2) is 9.73. The van der Waals surface area contributed by atoms with Crippen LogP contribution in [0, 0.1) is 13.8 Å². The van der Waals surface area contributed by atoms with Gasteiger partial charge in [0.25, 0.3) is 0 Å². The van der Waals surface area contributed by atoms with Crippen LogP contribution in [0.5, 0.6) is 5.75 Å². The highest BCUT2D eigenvalue weighted by Gasteiger charge is 2.12. The molecular weight excluding hydrogens is 396 g/mol. The number of aromatic nitrogens is 1. The molecule has 0 saturated heterocycles. The molecule has 1 N–H and O–H groups in total. The maximum atomic E-state index is 12.5. The highest BCUT2D eigenvalue weighted by molar-refractivity contribution is 5.85. The van der Waals surface area contributed by atoms with Crippen LogP contribution in [0.2, 0.25) is 0 Å². The van der Waals surface area contributed by atoms with E-state index < -0.39 is 0 Å². The molecule has 0 bridgehead atoms. The predicted octanol–water partition coefficient (Wildman–Crippen LogP) is 5.56. The minimum Gasteiger partial charge on any atom is -0.496 e. The van der Waals surface area contributed by atoms with Crippen LogP contribution in [0.25, 0.3) is 10.9 Å². The maximum absolute atomic E-state index is 12.5. The normalized spacial score (nSPS) is 11.0. The summed E-state index contributed by atoms with van der Waals surface area (Å²) >= 11 is 0. The molecule has 4 aromatic rings. The number of benzene rings is 3. The van der Waals surface area contributed by atoms with Gasteiger partial charge >= 0.3 is 0 Å². The summed E-state index contributed by atoms with van der Waals surface area (Å²) in [6, 6.07) is 22.8. The van der Waals surface area contributed by atoms with E-state index in [1.165, 1.54) is 33.2 Å². The molecule has 0 aliphatic rings. The van der Waals surface area contributed by atoms with Crippen molar-refractivity contribution in [3.63, 3.8) is 0 Å². The number of carbonyl (C=O) groups excluding carboxylic acids is 1. The SMILES string of the molecule is COc1ccccc1CNC(=O)CCc1cn(Cc2cc(C)ccc2C)c2ccccc12. The zero-order valence-electron chi connectivity index (χ0n) is 19.0. The average Bonchev–Trinajstić information content (AvgIpc) is 3.16. The molecule has 1 aromatic heterocycles. The summed E-state index contributed by atoms with van der Waals surface area (Å²) in [7, 11) is 1.65. The number of para-hydroxylation sites is 2. The lowest BCUT2D eigenvalue weighted by Crippen LogP contribution is -2.23. The highest BCUT2D eigenvalue weighted by Crippen LogP contribution is 2.25. The molecule has 0 aliphatic heterocycles. The van der Waals surface area contributed by atoms with Gasteiger partial charge in [0, 0.05) is 42.2 Å². The van der Waals surface area contributed by atoms with Crippen LogP contribution in [0.15, 0.2) is 72.9 Å². The van der Waals surface area contributed by atoms with Gasteiger partial charge in [-0.2, -0.15) is 0 Å². The Hall–Kier alpha value is -3.53. The largest absolute Gasteiger partial charge is 0.496 e. The Morgan fingerprint density at radius 2 is 1.72 bits per heavy atom. The summed E-state index contributed by atoms with van der Waals surface area (Å²) < 4.78 is 7.67. The number of nitrogens with one attached hydrogen (secondary N) is 1. The number of amides is 1. The van der Waals surface area contributed by atoms with Gasteiger partial charge in [-0.3, -0.25) is 4.79 Å². The van der Waals surface area contributed by atoms with Crippen molar-refractivity contribution in [1.82, 2.24) is 9.88 Å². The third-order valence-corrected chi connectivity index (χ3v) is 6.01. The van der Waals surface area contributed by atoms with Gasteiger partial charge in [-0.15, -0.1) is 0 Å². The number of rotatable bonds is 8. The molecule has 0 atom stereocenters. The lowest BCUT2D eigenvalue weighted by Gasteiger charge is -2.10. The molecule has 3 aromatic carbocycles. The fourth-order valence-corrected chi connectivity index (χ4v) is 4.19. The molecule has 32 heavy (non-hydrogen) atoms. The Morgan fingerprint density at radius 1 is 0.938 bits per heavy atom. The van der Waals surface area contributed by atoms with E-state index in [0.29, 0.717) is 19.4 Å². The fraction of sp³-hybridized carbons (Fsp3) is 0.250. The van der Waals surface area contributed by atoms with E-state index in [1.807, 2.05) is 24.3 Å². The molecule has 4 heteroatoms. The first kappa shape index (κ1) is 21.7. The Labute approximate surface area is 189 Å². The monoisotopic (exact) mass is 426 g/mol. The molecule has 0 saturated carbocycles. The molecule has 4 nitrogen and oxygen atoms in total. The van der Waals surface area contributed by atoms with E-state index in [-0.39, 0.29) is 5.91 Å². The Morgan fingerprint density at radius 3 is 2.56 bits per heavy atom. The van der Waals surface area contributed by atoms with Gasteiger partial charge < -0.3 is 14.6 Å². The number of carbonyl (C=O) groups is 1. The number of aryl methyl sites for hydroxylation is 3. The number of nitrogens with zero attached hydrogens (tertiary/aromatic N) is 1. The predicted molar refractivity (Wildman–Crippen MR) is 130 cm³/mol. The van der Waals surface area contributed by atoms with Gasteiger partial charge in [-0.1, -0.05) is 60.2 Å². The van der Waals surface area contributed by atoms with E-state index in [2.05, 4.69) is 72.4 Å². The van der Waals surface area contributed by atoms with Crippen LogP contribution < -0.4 is 10.1 Å². The Bertz CT molecular complexity index is 1240. The van der Waals surface area contributed by atoms with Crippen molar-refractivity contribution in [2.24, 2.45) is 0 Å². The van der Waals surface area contributed by atoms with Crippen LogP contribution >= 0.6 is 0 Å². The zero-order chi connectivity index (χ0) is 22.5. The summed E-state index contributed by atoms with van der Waals surface area (Å²) in [4.78, 5) is 12.5. The molecule has 0 unspecified atom stereocenters. The Kier molecular flexibility index (Phi) is 6.60. The van der Waals surface area contributed by atoms with Crippen molar-refractivity contribution in [3.05, 3.63) is 101 Å². The number of ether oxygens (including phenoxy) is 1. The molecule has 0 spiro atoms. The molecule has 0 aliphatic carbocycles.